The number of anilines is 2. The van der Waals surface area contributed by atoms with E-state index < -0.39 is 0 Å². The average molecular weight is 262 g/mol. The first-order valence-corrected chi connectivity index (χ1v) is 6.33. The van der Waals surface area contributed by atoms with Gasteiger partial charge in [-0.15, -0.1) is 11.3 Å². The fourth-order valence-corrected chi connectivity index (χ4v) is 2.29. The van der Waals surface area contributed by atoms with Gasteiger partial charge in [0.15, 0.2) is 0 Å². The van der Waals surface area contributed by atoms with Crippen LogP contribution in [-0.2, 0) is 11.2 Å². The number of hydrogen-bond donors (Lipinski definition) is 2. The van der Waals surface area contributed by atoms with Crippen molar-refractivity contribution in [1.82, 2.24) is 0 Å². The number of amides is 1. The molecule has 0 atom stereocenters. The largest absolute Gasteiger partial charge is 0.495 e. The second-order valence-electron chi connectivity index (χ2n) is 3.76. The maximum Gasteiger partial charge on any atom is 0.229 e. The molecule has 1 aromatic heterocycles. The van der Waals surface area contributed by atoms with Crippen LogP contribution in [0.25, 0.3) is 0 Å². The highest BCUT2D eigenvalue weighted by atomic mass is 32.1. The van der Waals surface area contributed by atoms with Crippen LogP contribution < -0.4 is 15.8 Å². The molecule has 0 unspecified atom stereocenters. The maximum atomic E-state index is 11.8. The standard InChI is InChI=1S/C13H14N2O2S/c1-17-12-5-4-9(7-11(12)14)15-13(16)8-10-3-2-6-18-10/h2-7H,8,14H2,1H3,(H,15,16). The molecule has 0 bridgehead atoms. The van der Waals surface area contributed by atoms with Gasteiger partial charge in [-0.1, -0.05) is 6.07 Å². The van der Waals surface area contributed by atoms with Gasteiger partial charge in [0.1, 0.15) is 5.75 Å². The van der Waals surface area contributed by atoms with Gasteiger partial charge in [0.2, 0.25) is 5.91 Å². The number of nitrogen functional groups attached to an aromatic ring is 1. The molecule has 0 radical (unpaired) electrons. The molecule has 5 heteroatoms. The molecular weight excluding hydrogens is 248 g/mol. The number of nitrogens with two attached hydrogens (primary N) is 1. The summed E-state index contributed by atoms with van der Waals surface area (Å²) in [4.78, 5) is 12.8. The van der Waals surface area contributed by atoms with E-state index in [1.807, 2.05) is 17.5 Å². The number of thiophene rings is 1. The van der Waals surface area contributed by atoms with E-state index in [1.165, 1.54) is 0 Å². The molecular formula is C13H14N2O2S. The molecule has 0 spiro atoms. The summed E-state index contributed by atoms with van der Waals surface area (Å²) in [7, 11) is 1.56. The highest BCUT2D eigenvalue weighted by Gasteiger charge is 2.06. The Labute approximate surface area is 109 Å². The fourth-order valence-electron chi connectivity index (χ4n) is 1.59. The lowest BCUT2D eigenvalue weighted by molar-refractivity contribution is -0.115. The summed E-state index contributed by atoms with van der Waals surface area (Å²) in [5, 5.41) is 4.76. The zero-order chi connectivity index (χ0) is 13.0. The molecule has 1 aromatic carbocycles. The lowest BCUT2D eigenvalue weighted by atomic mass is 10.2. The van der Waals surface area contributed by atoms with Crippen LogP contribution in [0.3, 0.4) is 0 Å². The number of carbonyl (C=O) groups is 1. The number of ether oxygens (including phenoxy) is 1. The first-order valence-electron chi connectivity index (χ1n) is 5.45. The number of nitrogens with one attached hydrogen (secondary N) is 1. The molecule has 0 fully saturated rings. The Balaban J connectivity index is 2.01. The minimum atomic E-state index is -0.0537. The van der Waals surface area contributed by atoms with Crippen molar-refractivity contribution >= 4 is 28.6 Å². The zero-order valence-corrected chi connectivity index (χ0v) is 10.8. The zero-order valence-electron chi connectivity index (χ0n) is 9.97. The van der Waals surface area contributed by atoms with Crippen LogP contribution in [-0.4, -0.2) is 13.0 Å². The van der Waals surface area contributed by atoms with Gasteiger partial charge >= 0.3 is 0 Å². The van der Waals surface area contributed by atoms with Crippen LogP contribution in [0.5, 0.6) is 5.75 Å². The molecule has 3 N–H and O–H groups in total. The maximum absolute atomic E-state index is 11.8. The minimum Gasteiger partial charge on any atom is -0.495 e. The molecule has 0 aliphatic rings. The van der Waals surface area contributed by atoms with Crippen LogP contribution in [0.2, 0.25) is 0 Å². The molecule has 18 heavy (non-hydrogen) atoms. The third-order valence-electron chi connectivity index (χ3n) is 2.43. The molecule has 1 amide bonds. The van der Waals surface area contributed by atoms with Gasteiger partial charge in [0, 0.05) is 10.6 Å². The Morgan fingerprint density at radius 1 is 1.44 bits per heavy atom. The molecule has 0 saturated carbocycles. The molecule has 2 rings (SSSR count). The van der Waals surface area contributed by atoms with Crippen LogP contribution in [0.4, 0.5) is 11.4 Å². The summed E-state index contributed by atoms with van der Waals surface area (Å²) in [5.74, 6) is 0.549. The lowest BCUT2D eigenvalue weighted by Crippen LogP contribution is -2.13. The molecule has 94 valence electrons. The van der Waals surface area contributed by atoms with Crippen LogP contribution in [0.1, 0.15) is 4.88 Å². The predicted octanol–water partition coefficient (Wildman–Crippen LogP) is 2.52. The Morgan fingerprint density at radius 2 is 2.28 bits per heavy atom. The van der Waals surface area contributed by atoms with E-state index in [0.717, 1.165) is 4.88 Å². The highest BCUT2D eigenvalue weighted by Crippen LogP contribution is 2.24. The summed E-state index contributed by atoms with van der Waals surface area (Å²) in [6.45, 7) is 0. The Morgan fingerprint density at radius 3 is 2.89 bits per heavy atom. The van der Waals surface area contributed by atoms with Crippen LogP contribution in [0, 0.1) is 0 Å². The van der Waals surface area contributed by atoms with Crippen molar-refractivity contribution < 1.29 is 9.53 Å². The Bertz CT molecular complexity index is 538. The van der Waals surface area contributed by atoms with Crippen molar-refractivity contribution in [3.8, 4) is 5.75 Å². The number of benzene rings is 1. The Kier molecular flexibility index (Phi) is 3.84. The van der Waals surface area contributed by atoms with Gasteiger partial charge in [-0.25, -0.2) is 0 Å². The van der Waals surface area contributed by atoms with E-state index >= 15 is 0 Å². The number of rotatable bonds is 4. The fraction of sp³-hybridized carbons (Fsp3) is 0.154. The Hall–Kier alpha value is -2.01. The normalized spacial score (nSPS) is 10.1. The second kappa shape index (κ2) is 5.55. The van der Waals surface area contributed by atoms with Crippen LogP contribution in [0.15, 0.2) is 35.7 Å². The highest BCUT2D eigenvalue weighted by molar-refractivity contribution is 7.10. The first-order chi connectivity index (χ1) is 8.69. The molecule has 0 aliphatic carbocycles. The predicted molar refractivity (Wildman–Crippen MR) is 74.1 cm³/mol. The van der Waals surface area contributed by atoms with E-state index in [2.05, 4.69) is 5.32 Å². The molecule has 0 aliphatic heterocycles. The number of methoxy groups -OCH3 is 1. The van der Waals surface area contributed by atoms with E-state index in [1.54, 1.807) is 36.6 Å². The molecule has 1 heterocycles. The SMILES string of the molecule is COc1ccc(NC(=O)Cc2cccs2)cc1N. The average Bonchev–Trinajstić information content (AvgIpc) is 2.82. The monoisotopic (exact) mass is 262 g/mol. The summed E-state index contributed by atoms with van der Waals surface area (Å²) >= 11 is 1.57. The van der Waals surface area contributed by atoms with Gasteiger partial charge in [0.25, 0.3) is 0 Å². The van der Waals surface area contributed by atoms with Crippen molar-refractivity contribution in [3.05, 3.63) is 40.6 Å². The van der Waals surface area contributed by atoms with Crippen LogP contribution >= 0.6 is 11.3 Å². The summed E-state index contributed by atoms with van der Waals surface area (Å²) < 4.78 is 5.05. The van der Waals surface area contributed by atoms with Gasteiger partial charge in [0.05, 0.1) is 19.2 Å². The minimum absolute atomic E-state index is 0.0537. The van der Waals surface area contributed by atoms with E-state index in [4.69, 9.17) is 10.5 Å². The number of carbonyl (C=O) groups excluding carboxylic acids is 1. The van der Waals surface area contributed by atoms with Crippen molar-refractivity contribution in [1.29, 1.82) is 0 Å². The first kappa shape index (κ1) is 12.4. The van der Waals surface area contributed by atoms with Gasteiger partial charge in [-0.3, -0.25) is 4.79 Å². The second-order valence-corrected chi connectivity index (χ2v) is 4.79. The van der Waals surface area contributed by atoms with Gasteiger partial charge in [-0.2, -0.15) is 0 Å². The van der Waals surface area contributed by atoms with Gasteiger partial charge in [-0.05, 0) is 29.6 Å². The third-order valence-corrected chi connectivity index (χ3v) is 3.30. The van der Waals surface area contributed by atoms with E-state index in [9.17, 15) is 4.79 Å². The molecule has 2 aromatic rings. The topological polar surface area (TPSA) is 64.3 Å². The van der Waals surface area contributed by atoms with Crippen molar-refractivity contribution in [2.45, 2.75) is 6.42 Å². The quantitative estimate of drug-likeness (QED) is 0.832. The van der Waals surface area contributed by atoms with Crippen molar-refractivity contribution in [2.24, 2.45) is 0 Å². The van der Waals surface area contributed by atoms with E-state index in [-0.39, 0.29) is 5.91 Å². The summed E-state index contributed by atoms with van der Waals surface area (Å²) in [6.07, 6.45) is 0.379. The van der Waals surface area contributed by atoms with Gasteiger partial charge < -0.3 is 15.8 Å². The lowest BCUT2D eigenvalue weighted by Gasteiger charge is -2.08. The number of hydrogen-bond acceptors (Lipinski definition) is 4. The third kappa shape index (κ3) is 3.01. The smallest absolute Gasteiger partial charge is 0.229 e. The summed E-state index contributed by atoms with van der Waals surface area (Å²) in [6, 6.07) is 9.05. The molecule has 0 saturated heterocycles. The summed E-state index contributed by atoms with van der Waals surface area (Å²) in [5.41, 5.74) is 6.95. The van der Waals surface area contributed by atoms with E-state index in [0.29, 0.717) is 23.5 Å². The molecule has 4 nitrogen and oxygen atoms in total. The van der Waals surface area contributed by atoms with Crippen molar-refractivity contribution in [3.63, 3.8) is 0 Å². The van der Waals surface area contributed by atoms with Crippen molar-refractivity contribution in [2.75, 3.05) is 18.2 Å².